The summed E-state index contributed by atoms with van der Waals surface area (Å²) in [5, 5.41) is 6.74. The first-order valence-corrected chi connectivity index (χ1v) is 13.6. The van der Waals surface area contributed by atoms with Gasteiger partial charge in [0.1, 0.15) is 5.82 Å². The number of nitrogens with zero attached hydrogens (tertiary/aromatic N) is 2. The number of hydrogen-bond acceptors (Lipinski definition) is 6. The van der Waals surface area contributed by atoms with E-state index in [1.165, 1.54) is 55.4 Å². The molecule has 4 rings (SSSR count). The van der Waals surface area contributed by atoms with Crippen molar-refractivity contribution in [1.82, 2.24) is 20.0 Å². The Balaban J connectivity index is 1.50. The third-order valence-electron chi connectivity index (χ3n) is 5.70. The quantitative estimate of drug-likeness (QED) is 0.294. The van der Waals surface area contributed by atoms with Crippen LogP contribution < -0.4 is 15.4 Å². The van der Waals surface area contributed by atoms with Crippen molar-refractivity contribution in [3.8, 4) is 10.4 Å². The van der Waals surface area contributed by atoms with Crippen LogP contribution in [0.2, 0.25) is 0 Å². The fourth-order valence-electron chi connectivity index (χ4n) is 3.93. The number of benzene rings is 1. The van der Waals surface area contributed by atoms with E-state index in [0.29, 0.717) is 11.6 Å². The van der Waals surface area contributed by atoms with Crippen LogP contribution in [0.25, 0.3) is 10.4 Å². The smallest absolute Gasteiger partial charge is 0.319 e. The Morgan fingerprint density at radius 3 is 2.71 bits per heavy atom. The van der Waals surface area contributed by atoms with Crippen molar-refractivity contribution >= 4 is 35.0 Å². The first-order valence-electron chi connectivity index (χ1n) is 12.0. The van der Waals surface area contributed by atoms with Gasteiger partial charge in [-0.15, -0.1) is 11.3 Å². The molecule has 0 saturated heterocycles. The third-order valence-corrected chi connectivity index (χ3v) is 8.17. The average molecular weight is 514 g/mol. The number of thiazole rings is 1. The van der Waals surface area contributed by atoms with Crippen LogP contribution in [-0.2, 0) is 6.54 Å². The Labute approximate surface area is 214 Å². The van der Waals surface area contributed by atoms with E-state index in [2.05, 4.69) is 41.1 Å². The molecule has 6 nitrogen and oxygen atoms in total. The Morgan fingerprint density at radius 2 is 1.97 bits per heavy atom. The largest absolute Gasteiger partial charge is 0.332 e. The van der Waals surface area contributed by atoms with E-state index < -0.39 is 11.8 Å². The fraction of sp³-hybridized carbons (Fsp3) is 0.423. The summed E-state index contributed by atoms with van der Waals surface area (Å²) >= 11 is 3.32. The Kier molecular flexibility index (Phi) is 8.41. The second-order valence-corrected chi connectivity index (χ2v) is 11.7. The number of halogens is 1. The molecule has 0 radical (unpaired) electrons. The number of hydrogen-bond donors (Lipinski definition) is 3. The molecule has 0 unspecified atom stereocenters. The summed E-state index contributed by atoms with van der Waals surface area (Å²) in [6.45, 7) is 6.34. The zero-order valence-corrected chi connectivity index (χ0v) is 22.0. The molecule has 2 aromatic heterocycles. The summed E-state index contributed by atoms with van der Waals surface area (Å²) in [6, 6.07) is 8.30. The van der Waals surface area contributed by atoms with Gasteiger partial charge in [-0.25, -0.2) is 14.2 Å². The van der Waals surface area contributed by atoms with E-state index in [4.69, 9.17) is 4.98 Å². The van der Waals surface area contributed by atoms with Gasteiger partial charge in [0, 0.05) is 40.0 Å². The molecule has 1 aliphatic rings. The standard InChI is InChI=1S/C26H32FN5OS2/c1-26(2,3)32-35-22-14-18(31-25(33)30-15-21-20(27)10-7-13-28-21)11-12-19(22)23-16-29-24(34-23)17-8-5-4-6-9-17/h7,10-14,16-17,32H,4-6,8-9,15H2,1-3H3,(H2,30,31,33). The highest BCUT2D eigenvalue weighted by Crippen LogP contribution is 2.40. The van der Waals surface area contributed by atoms with Crippen molar-refractivity contribution in [3.05, 3.63) is 59.2 Å². The molecule has 35 heavy (non-hydrogen) atoms. The van der Waals surface area contributed by atoms with E-state index >= 15 is 0 Å². The monoisotopic (exact) mass is 513 g/mol. The van der Waals surface area contributed by atoms with Gasteiger partial charge in [0.25, 0.3) is 0 Å². The minimum absolute atomic E-state index is 0.00852. The summed E-state index contributed by atoms with van der Waals surface area (Å²) < 4.78 is 17.3. The summed E-state index contributed by atoms with van der Waals surface area (Å²) in [4.78, 5) is 23.3. The number of pyridine rings is 1. The summed E-state index contributed by atoms with van der Waals surface area (Å²) in [7, 11) is 0. The lowest BCUT2D eigenvalue weighted by atomic mass is 9.90. The molecule has 1 aromatic carbocycles. The molecule has 186 valence electrons. The van der Waals surface area contributed by atoms with E-state index in [9.17, 15) is 9.18 Å². The van der Waals surface area contributed by atoms with Gasteiger partial charge in [-0.05, 0) is 69.8 Å². The highest BCUT2D eigenvalue weighted by atomic mass is 32.2. The van der Waals surface area contributed by atoms with Crippen molar-refractivity contribution in [2.75, 3.05) is 5.32 Å². The maximum absolute atomic E-state index is 13.8. The summed E-state index contributed by atoms with van der Waals surface area (Å²) in [5.74, 6) is 0.126. The highest BCUT2D eigenvalue weighted by Gasteiger charge is 2.21. The van der Waals surface area contributed by atoms with Crippen LogP contribution in [0.1, 0.15) is 69.5 Å². The first kappa shape index (κ1) is 25.6. The van der Waals surface area contributed by atoms with Crippen LogP contribution in [0, 0.1) is 5.82 Å². The average Bonchev–Trinajstić information content (AvgIpc) is 3.33. The normalized spacial score (nSPS) is 14.6. The van der Waals surface area contributed by atoms with Crippen molar-refractivity contribution in [2.24, 2.45) is 0 Å². The van der Waals surface area contributed by atoms with Crippen molar-refractivity contribution in [1.29, 1.82) is 0 Å². The van der Waals surface area contributed by atoms with Crippen molar-refractivity contribution < 1.29 is 9.18 Å². The number of carbonyl (C=O) groups excluding carboxylic acids is 1. The molecule has 2 amide bonds. The molecule has 3 aromatic rings. The summed E-state index contributed by atoms with van der Waals surface area (Å²) in [5.41, 5.74) is 1.86. The van der Waals surface area contributed by atoms with Crippen molar-refractivity contribution in [2.45, 2.75) is 75.8 Å². The fourth-order valence-corrected chi connectivity index (χ4v) is 6.02. The van der Waals surface area contributed by atoms with Gasteiger partial charge in [0.2, 0.25) is 0 Å². The molecular weight excluding hydrogens is 481 g/mol. The molecule has 0 aliphatic heterocycles. The highest BCUT2D eigenvalue weighted by molar-refractivity contribution is 7.97. The lowest BCUT2D eigenvalue weighted by molar-refractivity contribution is 0.251. The SMILES string of the molecule is CC(C)(C)NSc1cc(NC(=O)NCc2ncccc2F)ccc1-c1cnc(C2CCCCC2)s1. The maximum Gasteiger partial charge on any atom is 0.319 e. The van der Waals surface area contributed by atoms with Crippen LogP contribution in [0.15, 0.2) is 47.6 Å². The number of nitrogens with one attached hydrogen (secondary N) is 3. The Morgan fingerprint density at radius 1 is 1.17 bits per heavy atom. The number of carbonyl (C=O) groups is 1. The minimum Gasteiger partial charge on any atom is -0.332 e. The van der Waals surface area contributed by atoms with Crippen LogP contribution in [0.5, 0.6) is 0 Å². The second kappa shape index (κ2) is 11.5. The molecule has 1 saturated carbocycles. The number of anilines is 1. The molecule has 0 bridgehead atoms. The van der Waals surface area contributed by atoms with Crippen LogP contribution in [-0.4, -0.2) is 21.5 Å². The van der Waals surface area contributed by atoms with E-state index in [-0.39, 0.29) is 17.8 Å². The molecule has 1 fully saturated rings. The van der Waals surface area contributed by atoms with E-state index in [1.54, 1.807) is 23.3 Å². The second-order valence-electron chi connectivity index (χ2n) is 9.80. The van der Waals surface area contributed by atoms with Gasteiger partial charge in [-0.3, -0.25) is 9.71 Å². The van der Waals surface area contributed by atoms with Crippen LogP contribution in [0.4, 0.5) is 14.9 Å². The van der Waals surface area contributed by atoms with E-state index in [1.807, 2.05) is 24.4 Å². The first-order chi connectivity index (χ1) is 16.8. The zero-order valence-electron chi connectivity index (χ0n) is 20.4. The van der Waals surface area contributed by atoms with Gasteiger partial charge in [0.05, 0.1) is 22.1 Å². The molecule has 3 N–H and O–H groups in total. The third kappa shape index (κ3) is 7.25. The van der Waals surface area contributed by atoms with Crippen molar-refractivity contribution in [3.63, 3.8) is 0 Å². The molecular formula is C26H32FN5OS2. The molecule has 9 heteroatoms. The van der Waals surface area contributed by atoms with Gasteiger partial charge in [-0.2, -0.15) is 0 Å². The van der Waals surface area contributed by atoms with Gasteiger partial charge >= 0.3 is 6.03 Å². The number of aromatic nitrogens is 2. The zero-order chi connectivity index (χ0) is 24.8. The van der Waals surface area contributed by atoms with Crippen LogP contribution in [0.3, 0.4) is 0 Å². The predicted molar refractivity (Wildman–Crippen MR) is 142 cm³/mol. The molecule has 0 spiro atoms. The van der Waals surface area contributed by atoms with Gasteiger partial charge in [0.15, 0.2) is 0 Å². The van der Waals surface area contributed by atoms with Crippen LogP contribution >= 0.6 is 23.3 Å². The maximum atomic E-state index is 13.8. The number of amides is 2. The predicted octanol–water partition coefficient (Wildman–Crippen LogP) is 7.11. The molecule has 0 atom stereocenters. The lowest BCUT2D eigenvalue weighted by Crippen LogP contribution is -2.30. The topological polar surface area (TPSA) is 78.9 Å². The number of urea groups is 1. The van der Waals surface area contributed by atoms with E-state index in [0.717, 1.165) is 15.3 Å². The summed E-state index contributed by atoms with van der Waals surface area (Å²) in [6.07, 6.45) is 9.82. The number of rotatable bonds is 7. The lowest BCUT2D eigenvalue weighted by Gasteiger charge is -2.21. The Hall–Kier alpha value is -2.49. The Bertz CT molecular complexity index is 1150. The molecule has 1 aliphatic carbocycles. The van der Waals surface area contributed by atoms with Gasteiger partial charge in [-0.1, -0.05) is 25.3 Å². The molecule has 2 heterocycles. The van der Waals surface area contributed by atoms with Gasteiger partial charge < -0.3 is 10.6 Å². The minimum atomic E-state index is -0.443.